The highest BCUT2D eigenvalue weighted by Crippen LogP contribution is 2.12. The summed E-state index contributed by atoms with van der Waals surface area (Å²) in [6.45, 7) is 4.18. The molecule has 0 saturated heterocycles. The molecule has 0 unspecified atom stereocenters. The molecule has 0 bridgehead atoms. The highest BCUT2D eigenvalue weighted by atomic mass is 19.1. The molecular weight excluding hydrogens is 211 g/mol. The number of amides is 1. The van der Waals surface area contributed by atoms with E-state index in [1.807, 2.05) is 6.92 Å². The van der Waals surface area contributed by atoms with Gasteiger partial charge >= 0.3 is 0 Å². The SMILES string of the molecule is CCNC(=O)CNc1ncnc(CC)c1F. The zero-order chi connectivity index (χ0) is 12.0. The number of hydrogen-bond acceptors (Lipinski definition) is 4. The van der Waals surface area contributed by atoms with Crippen LogP contribution in [-0.2, 0) is 11.2 Å². The number of hydrogen-bond donors (Lipinski definition) is 2. The summed E-state index contributed by atoms with van der Waals surface area (Å²) in [5, 5.41) is 5.23. The first kappa shape index (κ1) is 12.4. The van der Waals surface area contributed by atoms with Crippen molar-refractivity contribution in [2.45, 2.75) is 20.3 Å². The summed E-state index contributed by atoms with van der Waals surface area (Å²) in [5.41, 5.74) is 0.341. The first-order valence-corrected chi connectivity index (χ1v) is 5.19. The van der Waals surface area contributed by atoms with E-state index in [-0.39, 0.29) is 18.3 Å². The van der Waals surface area contributed by atoms with Crippen molar-refractivity contribution in [3.8, 4) is 0 Å². The Labute approximate surface area is 93.5 Å². The van der Waals surface area contributed by atoms with Crippen molar-refractivity contribution in [2.24, 2.45) is 0 Å². The first-order valence-electron chi connectivity index (χ1n) is 5.19. The van der Waals surface area contributed by atoms with Gasteiger partial charge < -0.3 is 10.6 Å². The third kappa shape index (κ3) is 3.15. The lowest BCUT2D eigenvalue weighted by Gasteiger charge is -2.07. The van der Waals surface area contributed by atoms with E-state index < -0.39 is 5.82 Å². The number of nitrogens with one attached hydrogen (secondary N) is 2. The fourth-order valence-electron chi connectivity index (χ4n) is 1.20. The molecule has 0 spiro atoms. The largest absolute Gasteiger partial charge is 0.358 e. The number of aromatic nitrogens is 2. The van der Waals surface area contributed by atoms with E-state index in [1.165, 1.54) is 6.33 Å². The molecule has 0 radical (unpaired) electrons. The zero-order valence-corrected chi connectivity index (χ0v) is 9.38. The summed E-state index contributed by atoms with van der Waals surface area (Å²) in [6, 6.07) is 0. The molecule has 0 atom stereocenters. The summed E-state index contributed by atoms with van der Waals surface area (Å²) in [7, 11) is 0. The molecule has 1 amide bonds. The minimum Gasteiger partial charge on any atom is -0.358 e. The Bertz CT molecular complexity index is 370. The van der Waals surface area contributed by atoms with Crippen LogP contribution < -0.4 is 10.6 Å². The van der Waals surface area contributed by atoms with Gasteiger partial charge in [-0.05, 0) is 13.3 Å². The molecule has 88 valence electrons. The van der Waals surface area contributed by atoms with Crippen molar-refractivity contribution in [2.75, 3.05) is 18.4 Å². The molecule has 1 heterocycles. The van der Waals surface area contributed by atoms with Crippen LogP contribution in [0.25, 0.3) is 0 Å². The molecule has 0 fully saturated rings. The number of halogens is 1. The first-order chi connectivity index (χ1) is 7.69. The number of anilines is 1. The summed E-state index contributed by atoms with van der Waals surface area (Å²) in [6.07, 6.45) is 1.77. The Hall–Kier alpha value is -1.72. The Kier molecular flexibility index (Phi) is 4.63. The van der Waals surface area contributed by atoms with Crippen molar-refractivity contribution in [3.63, 3.8) is 0 Å². The number of carbonyl (C=O) groups is 1. The van der Waals surface area contributed by atoms with Crippen molar-refractivity contribution < 1.29 is 9.18 Å². The third-order valence-electron chi connectivity index (χ3n) is 1.99. The van der Waals surface area contributed by atoms with Crippen LogP contribution in [0.5, 0.6) is 0 Å². The van der Waals surface area contributed by atoms with Gasteiger partial charge in [-0.15, -0.1) is 0 Å². The maximum Gasteiger partial charge on any atom is 0.239 e. The molecular formula is C10H15FN4O. The predicted octanol–water partition coefficient (Wildman–Crippen LogP) is 0.726. The molecule has 1 aromatic rings. The highest BCUT2D eigenvalue weighted by Gasteiger charge is 2.10. The summed E-state index contributed by atoms with van der Waals surface area (Å²) in [5.74, 6) is -0.619. The van der Waals surface area contributed by atoms with E-state index >= 15 is 0 Å². The van der Waals surface area contributed by atoms with E-state index in [0.29, 0.717) is 18.7 Å². The fraction of sp³-hybridized carbons (Fsp3) is 0.500. The van der Waals surface area contributed by atoms with E-state index in [9.17, 15) is 9.18 Å². The Morgan fingerprint density at radius 2 is 2.19 bits per heavy atom. The van der Waals surface area contributed by atoms with Gasteiger partial charge in [0.2, 0.25) is 5.91 Å². The van der Waals surface area contributed by atoms with Gasteiger partial charge in [-0.3, -0.25) is 4.79 Å². The van der Waals surface area contributed by atoms with Crippen LogP contribution in [0.4, 0.5) is 10.2 Å². The normalized spacial score (nSPS) is 9.94. The third-order valence-corrected chi connectivity index (χ3v) is 1.99. The Morgan fingerprint density at radius 3 is 2.81 bits per heavy atom. The molecule has 5 nitrogen and oxygen atoms in total. The van der Waals surface area contributed by atoms with Crippen LogP contribution in [0, 0.1) is 5.82 Å². The topological polar surface area (TPSA) is 66.9 Å². The summed E-state index contributed by atoms with van der Waals surface area (Å²) < 4.78 is 13.6. The lowest BCUT2D eigenvalue weighted by molar-refractivity contribution is -0.119. The molecule has 0 aromatic carbocycles. The van der Waals surface area contributed by atoms with Crippen molar-refractivity contribution in [1.29, 1.82) is 0 Å². The molecule has 2 N–H and O–H groups in total. The van der Waals surface area contributed by atoms with Gasteiger partial charge in [0.05, 0.1) is 12.2 Å². The number of likely N-dealkylation sites (N-methyl/N-ethyl adjacent to an activating group) is 1. The molecule has 1 rings (SSSR count). The predicted molar refractivity (Wildman–Crippen MR) is 58.5 cm³/mol. The van der Waals surface area contributed by atoms with Crippen molar-refractivity contribution in [1.82, 2.24) is 15.3 Å². The fourth-order valence-corrected chi connectivity index (χ4v) is 1.20. The van der Waals surface area contributed by atoms with Gasteiger partial charge in [0.1, 0.15) is 6.33 Å². The minimum absolute atomic E-state index is 0.00489. The van der Waals surface area contributed by atoms with Crippen LogP contribution >= 0.6 is 0 Å². The second-order valence-corrected chi connectivity index (χ2v) is 3.14. The molecule has 0 aliphatic heterocycles. The standard InChI is InChI=1S/C10H15FN4O/c1-3-7-9(11)10(15-6-14-7)13-5-8(16)12-4-2/h6H,3-5H2,1-2H3,(H,12,16)(H,13,14,15). The molecule has 0 aliphatic rings. The number of carbonyl (C=O) groups excluding carboxylic acids is 1. The molecule has 6 heteroatoms. The number of rotatable bonds is 5. The van der Waals surface area contributed by atoms with E-state index in [0.717, 1.165) is 0 Å². The van der Waals surface area contributed by atoms with Crippen LogP contribution in [0.3, 0.4) is 0 Å². The van der Waals surface area contributed by atoms with Crippen LogP contribution in [0.1, 0.15) is 19.5 Å². The minimum atomic E-state index is -0.491. The Balaban J connectivity index is 2.63. The maximum atomic E-state index is 13.6. The second-order valence-electron chi connectivity index (χ2n) is 3.14. The van der Waals surface area contributed by atoms with E-state index in [4.69, 9.17) is 0 Å². The summed E-state index contributed by atoms with van der Waals surface area (Å²) in [4.78, 5) is 18.7. The quantitative estimate of drug-likeness (QED) is 0.776. The smallest absolute Gasteiger partial charge is 0.239 e. The molecule has 0 saturated carbocycles. The van der Waals surface area contributed by atoms with Gasteiger partial charge in [-0.25, -0.2) is 14.4 Å². The van der Waals surface area contributed by atoms with Gasteiger partial charge in [-0.1, -0.05) is 6.92 Å². The van der Waals surface area contributed by atoms with Crippen molar-refractivity contribution in [3.05, 3.63) is 17.8 Å². The highest BCUT2D eigenvalue weighted by molar-refractivity contribution is 5.80. The lowest BCUT2D eigenvalue weighted by Crippen LogP contribution is -2.30. The van der Waals surface area contributed by atoms with Gasteiger partial charge in [0.25, 0.3) is 0 Å². The average Bonchev–Trinajstić information content (AvgIpc) is 2.28. The van der Waals surface area contributed by atoms with Gasteiger partial charge in [0, 0.05) is 6.54 Å². The van der Waals surface area contributed by atoms with E-state index in [2.05, 4.69) is 20.6 Å². The second kappa shape index (κ2) is 5.99. The molecule has 1 aromatic heterocycles. The average molecular weight is 226 g/mol. The molecule has 0 aliphatic carbocycles. The monoisotopic (exact) mass is 226 g/mol. The maximum absolute atomic E-state index is 13.6. The zero-order valence-electron chi connectivity index (χ0n) is 9.38. The molecule has 16 heavy (non-hydrogen) atoms. The van der Waals surface area contributed by atoms with Crippen LogP contribution in [0.15, 0.2) is 6.33 Å². The number of nitrogens with zero attached hydrogens (tertiary/aromatic N) is 2. The van der Waals surface area contributed by atoms with Gasteiger partial charge in [-0.2, -0.15) is 0 Å². The summed E-state index contributed by atoms with van der Waals surface area (Å²) >= 11 is 0. The van der Waals surface area contributed by atoms with Crippen molar-refractivity contribution >= 4 is 11.7 Å². The van der Waals surface area contributed by atoms with Crippen LogP contribution in [0.2, 0.25) is 0 Å². The Morgan fingerprint density at radius 1 is 1.44 bits per heavy atom. The lowest BCUT2D eigenvalue weighted by atomic mass is 10.3. The van der Waals surface area contributed by atoms with E-state index in [1.54, 1.807) is 6.92 Å². The van der Waals surface area contributed by atoms with Gasteiger partial charge in [0.15, 0.2) is 11.6 Å². The van der Waals surface area contributed by atoms with Crippen LogP contribution in [-0.4, -0.2) is 29.0 Å². The number of aryl methyl sites for hydroxylation is 1.